The Hall–Kier alpha value is -0.600. The second-order valence-corrected chi connectivity index (χ2v) is 7.35. The topological polar surface area (TPSA) is 12.0 Å². The third-order valence-electron chi connectivity index (χ3n) is 4.18. The zero-order valence-electron chi connectivity index (χ0n) is 12.7. The van der Waals surface area contributed by atoms with Gasteiger partial charge in [0.2, 0.25) is 0 Å². The summed E-state index contributed by atoms with van der Waals surface area (Å²) >= 11 is 6.28. The standard InChI is InChI=1S/C17H25ClFN/c1-17(2,3)20-11-15(12-6-4-5-7-12)14-9-8-13(19)10-16(14)18/h8-10,12,15,20H,4-7,11H2,1-3H3. The molecule has 1 unspecified atom stereocenters. The van der Waals surface area contributed by atoms with Gasteiger partial charge < -0.3 is 5.32 Å². The quantitative estimate of drug-likeness (QED) is 0.811. The van der Waals surface area contributed by atoms with Crippen molar-refractivity contribution in [3.05, 3.63) is 34.6 Å². The van der Waals surface area contributed by atoms with Gasteiger partial charge in [-0.1, -0.05) is 30.5 Å². The van der Waals surface area contributed by atoms with Gasteiger partial charge in [0.25, 0.3) is 0 Å². The summed E-state index contributed by atoms with van der Waals surface area (Å²) in [6.45, 7) is 7.42. The maximum Gasteiger partial charge on any atom is 0.124 e. The lowest BCUT2D eigenvalue weighted by Crippen LogP contribution is -2.39. The molecular weight excluding hydrogens is 273 g/mol. The van der Waals surface area contributed by atoms with Crippen molar-refractivity contribution in [3.8, 4) is 0 Å². The fraction of sp³-hybridized carbons (Fsp3) is 0.647. The predicted octanol–water partition coefficient (Wildman–Crippen LogP) is 5.14. The van der Waals surface area contributed by atoms with Crippen molar-refractivity contribution >= 4 is 11.6 Å². The van der Waals surface area contributed by atoms with Crippen molar-refractivity contribution in [2.24, 2.45) is 5.92 Å². The van der Waals surface area contributed by atoms with Crippen molar-refractivity contribution < 1.29 is 4.39 Å². The lowest BCUT2D eigenvalue weighted by atomic mass is 9.84. The molecule has 1 aromatic carbocycles. The summed E-state index contributed by atoms with van der Waals surface area (Å²) in [5, 5.41) is 4.15. The maximum absolute atomic E-state index is 13.3. The van der Waals surface area contributed by atoms with E-state index >= 15 is 0 Å². The van der Waals surface area contributed by atoms with E-state index in [2.05, 4.69) is 26.1 Å². The SMILES string of the molecule is CC(C)(C)NCC(c1ccc(F)cc1Cl)C1CCCC1. The Morgan fingerprint density at radius 2 is 1.95 bits per heavy atom. The molecule has 112 valence electrons. The first-order valence-corrected chi connectivity index (χ1v) is 7.94. The molecule has 1 aliphatic carbocycles. The fourth-order valence-corrected chi connectivity index (χ4v) is 3.42. The van der Waals surface area contributed by atoms with Crippen LogP contribution in [0.2, 0.25) is 5.02 Å². The number of nitrogens with one attached hydrogen (secondary N) is 1. The molecule has 0 saturated heterocycles. The van der Waals surface area contributed by atoms with Crippen molar-refractivity contribution in [3.63, 3.8) is 0 Å². The molecule has 20 heavy (non-hydrogen) atoms. The number of benzene rings is 1. The first-order valence-electron chi connectivity index (χ1n) is 7.57. The third kappa shape index (κ3) is 4.20. The average molecular weight is 298 g/mol. The molecule has 1 nitrogen and oxygen atoms in total. The van der Waals surface area contributed by atoms with Gasteiger partial charge in [-0.2, -0.15) is 0 Å². The Labute approximate surface area is 126 Å². The number of hydrogen-bond acceptors (Lipinski definition) is 1. The Morgan fingerprint density at radius 3 is 2.50 bits per heavy atom. The van der Waals surface area contributed by atoms with Crippen LogP contribution in [0.5, 0.6) is 0 Å². The van der Waals surface area contributed by atoms with Gasteiger partial charge in [-0.15, -0.1) is 0 Å². The van der Waals surface area contributed by atoms with Crippen LogP contribution < -0.4 is 5.32 Å². The fourth-order valence-electron chi connectivity index (χ4n) is 3.11. The van der Waals surface area contributed by atoms with Crippen LogP contribution in [-0.2, 0) is 0 Å². The van der Waals surface area contributed by atoms with Gasteiger partial charge in [0, 0.05) is 23.0 Å². The molecule has 0 aromatic heterocycles. The number of rotatable bonds is 4. The molecule has 1 N–H and O–H groups in total. The minimum atomic E-state index is -0.257. The molecule has 1 fully saturated rings. The van der Waals surface area contributed by atoms with Crippen LogP contribution >= 0.6 is 11.6 Å². The van der Waals surface area contributed by atoms with Crippen LogP contribution in [0.15, 0.2) is 18.2 Å². The average Bonchev–Trinajstić information content (AvgIpc) is 2.84. The summed E-state index contributed by atoms with van der Waals surface area (Å²) in [6.07, 6.45) is 5.11. The summed E-state index contributed by atoms with van der Waals surface area (Å²) in [7, 11) is 0. The summed E-state index contributed by atoms with van der Waals surface area (Å²) in [5.41, 5.74) is 1.18. The van der Waals surface area contributed by atoms with Crippen LogP contribution in [0.25, 0.3) is 0 Å². The largest absolute Gasteiger partial charge is 0.311 e. The maximum atomic E-state index is 13.3. The first-order chi connectivity index (χ1) is 9.37. The van der Waals surface area contributed by atoms with Crippen molar-refractivity contribution in [1.82, 2.24) is 5.32 Å². The minimum Gasteiger partial charge on any atom is -0.311 e. The normalized spacial score (nSPS) is 18.4. The minimum absolute atomic E-state index is 0.0867. The molecule has 0 radical (unpaired) electrons. The highest BCUT2D eigenvalue weighted by atomic mass is 35.5. The zero-order chi connectivity index (χ0) is 14.8. The highest BCUT2D eigenvalue weighted by molar-refractivity contribution is 6.31. The Bertz CT molecular complexity index is 447. The summed E-state index contributed by atoms with van der Waals surface area (Å²) in [4.78, 5) is 0. The zero-order valence-corrected chi connectivity index (χ0v) is 13.4. The molecule has 0 aliphatic heterocycles. The van der Waals surface area contributed by atoms with E-state index in [1.54, 1.807) is 0 Å². The molecule has 1 saturated carbocycles. The van der Waals surface area contributed by atoms with Crippen molar-refractivity contribution in [2.45, 2.75) is 57.9 Å². The van der Waals surface area contributed by atoms with E-state index in [1.807, 2.05) is 6.07 Å². The Kier molecular flexibility index (Phi) is 5.09. The van der Waals surface area contributed by atoms with Gasteiger partial charge in [0.15, 0.2) is 0 Å². The molecule has 1 aliphatic rings. The second-order valence-electron chi connectivity index (χ2n) is 6.95. The lowest BCUT2D eigenvalue weighted by molar-refractivity contribution is 0.351. The predicted molar refractivity (Wildman–Crippen MR) is 83.9 cm³/mol. The molecule has 3 heteroatoms. The Morgan fingerprint density at radius 1 is 1.30 bits per heavy atom. The van der Waals surface area contributed by atoms with E-state index in [4.69, 9.17) is 11.6 Å². The van der Waals surface area contributed by atoms with E-state index in [-0.39, 0.29) is 11.4 Å². The van der Waals surface area contributed by atoms with Gasteiger partial charge >= 0.3 is 0 Å². The summed E-state index contributed by atoms with van der Waals surface area (Å²) in [6, 6.07) is 4.83. The van der Waals surface area contributed by atoms with Gasteiger partial charge in [-0.25, -0.2) is 4.39 Å². The third-order valence-corrected chi connectivity index (χ3v) is 4.51. The van der Waals surface area contributed by atoms with Crippen LogP contribution in [0, 0.1) is 11.7 Å². The van der Waals surface area contributed by atoms with Gasteiger partial charge in [0.1, 0.15) is 5.82 Å². The van der Waals surface area contributed by atoms with Gasteiger partial charge in [0.05, 0.1) is 0 Å². The smallest absolute Gasteiger partial charge is 0.124 e. The van der Waals surface area contributed by atoms with Crippen LogP contribution in [0.4, 0.5) is 4.39 Å². The van der Waals surface area contributed by atoms with Gasteiger partial charge in [-0.05, 0) is 57.2 Å². The van der Waals surface area contributed by atoms with E-state index in [0.29, 0.717) is 16.9 Å². The van der Waals surface area contributed by atoms with Crippen LogP contribution in [-0.4, -0.2) is 12.1 Å². The summed E-state index contributed by atoms with van der Waals surface area (Å²) < 4.78 is 13.3. The summed E-state index contributed by atoms with van der Waals surface area (Å²) in [5.74, 6) is 0.783. The lowest BCUT2D eigenvalue weighted by Gasteiger charge is -2.30. The van der Waals surface area contributed by atoms with Gasteiger partial charge in [-0.3, -0.25) is 0 Å². The number of hydrogen-bond donors (Lipinski definition) is 1. The Balaban J connectivity index is 2.20. The molecule has 0 heterocycles. The molecule has 0 spiro atoms. The van der Waals surface area contributed by atoms with E-state index in [1.165, 1.54) is 37.8 Å². The van der Waals surface area contributed by atoms with E-state index < -0.39 is 0 Å². The monoisotopic (exact) mass is 297 g/mol. The second kappa shape index (κ2) is 6.44. The first kappa shape index (κ1) is 15.8. The van der Waals surface area contributed by atoms with Crippen LogP contribution in [0.1, 0.15) is 57.9 Å². The van der Waals surface area contributed by atoms with Crippen molar-refractivity contribution in [2.75, 3.05) is 6.54 Å². The highest BCUT2D eigenvalue weighted by Gasteiger charge is 2.28. The van der Waals surface area contributed by atoms with Crippen LogP contribution in [0.3, 0.4) is 0 Å². The van der Waals surface area contributed by atoms with E-state index in [9.17, 15) is 4.39 Å². The van der Waals surface area contributed by atoms with Crippen molar-refractivity contribution in [1.29, 1.82) is 0 Å². The molecule has 2 rings (SSSR count). The molecule has 0 bridgehead atoms. The highest BCUT2D eigenvalue weighted by Crippen LogP contribution is 2.39. The molecular formula is C17H25ClFN. The molecule has 1 atom stereocenters. The number of halogens is 2. The molecule has 1 aromatic rings. The molecule has 0 amide bonds. The van der Waals surface area contributed by atoms with E-state index in [0.717, 1.165) is 12.1 Å².